The fourth-order valence-electron chi connectivity index (χ4n) is 2.99. The van der Waals surface area contributed by atoms with Gasteiger partial charge in [-0.15, -0.1) is 12.4 Å². The maximum Gasteiger partial charge on any atom is 0.338 e. The van der Waals surface area contributed by atoms with Crippen molar-refractivity contribution < 1.29 is 14.3 Å². The van der Waals surface area contributed by atoms with Gasteiger partial charge in [0.15, 0.2) is 5.96 Å². The standard InChI is InChI=1S/C18H26N4O3.ClH/c1-2-25-17(24)14-7-9-15(10-8-14)22-16(23)13-5-3-12(4-6-13)11-21-18(19)20;/h7-10,12-13H,2-6,11H2,1H3,(H,22,23)(H4,19,20,21);1H. The van der Waals surface area contributed by atoms with Gasteiger partial charge in [0.05, 0.1) is 12.2 Å². The van der Waals surface area contributed by atoms with E-state index in [0.29, 0.717) is 30.3 Å². The van der Waals surface area contributed by atoms with Crippen molar-refractivity contribution >= 4 is 35.9 Å². The zero-order valence-electron chi connectivity index (χ0n) is 14.9. The van der Waals surface area contributed by atoms with Crippen LogP contribution in [0.15, 0.2) is 29.3 Å². The van der Waals surface area contributed by atoms with Crippen molar-refractivity contribution in [1.29, 1.82) is 0 Å². The SMILES string of the molecule is CCOC(=O)c1ccc(NC(=O)C2CCC(CN=C(N)N)CC2)cc1.Cl. The van der Waals surface area contributed by atoms with Crippen LogP contribution in [0.4, 0.5) is 5.69 Å². The minimum absolute atomic E-state index is 0. The number of nitrogens with zero attached hydrogens (tertiary/aromatic N) is 1. The van der Waals surface area contributed by atoms with E-state index in [-0.39, 0.29) is 36.2 Å². The largest absolute Gasteiger partial charge is 0.462 e. The molecule has 1 aliphatic carbocycles. The molecule has 0 unspecified atom stereocenters. The number of carbonyl (C=O) groups excluding carboxylic acids is 2. The number of esters is 1. The van der Waals surface area contributed by atoms with Crippen molar-refractivity contribution in [3.8, 4) is 0 Å². The van der Waals surface area contributed by atoms with Gasteiger partial charge in [-0.25, -0.2) is 4.79 Å². The number of anilines is 1. The van der Waals surface area contributed by atoms with Crippen LogP contribution in [-0.4, -0.2) is 31.0 Å². The summed E-state index contributed by atoms with van der Waals surface area (Å²) < 4.78 is 4.94. The summed E-state index contributed by atoms with van der Waals surface area (Å²) in [5.74, 6) is 0.213. The normalized spacial score (nSPS) is 19.0. The predicted octanol–water partition coefficient (Wildman–Crippen LogP) is 2.30. The van der Waals surface area contributed by atoms with Gasteiger partial charge in [-0.1, -0.05) is 0 Å². The minimum Gasteiger partial charge on any atom is -0.462 e. The molecular weight excluding hydrogens is 356 g/mol. The number of nitrogens with two attached hydrogens (primary N) is 2. The number of halogens is 1. The summed E-state index contributed by atoms with van der Waals surface area (Å²) in [6.45, 7) is 2.73. The molecule has 144 valence electrons. The molecule has 0 aliphatic heterocycles. The van der Waals surface area contributed by atoms with Crippen molar-refractivity contribution in [2.45, 2.75) is 32.6 Å². The van der Waals surface area contributed by atoms with Crippen LogP contribution in [0, 0.1) is 11.8 Å². The topological polar surface area (TPSA) is 120 Å². The van der Waals surface area contributed by atoms with Gasteiger partial charge in [0.1, 0.15) is 0 Å². The van der Waals surface area contributed by atoms with Crippen molar-refractivity contribution in [3.63, 3.8) is 0 Å². The van der Waals surface area contributed by atoms with E-state index in [9.17, 15) is 9.59 Å². The smallest absolute Gasteiger partial charge is 0.338 e. The second-order valence-corrected chi connectivity index (χ2v) is 6.27. The molecule has 1 saturated carbocycles. The lowest BCUT2D eigenvalue weighted by molar-refractivity contribution is -0.121. The Labute approximate surface area is 160 Å². The number of hydrogen-bond acceptors (Lipinski definition) is 4. The Balaban J connectivity index is 0.00000338. The summed E-state index contributed by atoms with van der Waals surface area (Å²) in [6, 6.07) is 6.74. The summed E-state index contributed by atoms with van der Waals surface area (Å²) >= 11 is 0. The summed E-state index contributed by atoms with van der Waals surface area (Å²) in [6.07, 6.45) is 3.54. The molecule has 26 heavy (non-hydrogen) atoms. The van der Waals surface area contributed by atoms with Crippen molar-refractivity contribution in [3.05, 3.63) is 29.8 Å². The lowest BCUT2D eigenvalue weighted by Crippen LogP contribution is -2.29. The zero-order valence-corrected chi connectivity index (χ0v) is 15.8. The molecule has 1 fully saturated rings. The van der Waals surface area contributed by atoms with E-state index in [0.717, 1.165) is 25.7 Å². The molecular formula is C18H27ClN4O3. The van der Waals surface area contributed by atoms with Gasteiger partial charge in [0, 0.05) is 18.2 Å². The molecule has 1 aromatic carbocycles. The Morgan fingerprint density at radius 1 is 1.15 bits per heavy atom. The van der Waals surface area contributed by atoms with Gasteiger partial charge in [0.25, 0.3) is 0 Å². The van der Waals surface area contributed by atoms with Gasteiger partial charge in [-0.3, -0.25) is 9.79 Å². The number of hydrogen-bond donors (Lipinski definition) is 3. The molecule has 2 rings (SSSR count). The van der Waals surface area contributed by atoms with E-state index >= 15 is 0 Å². The zero-order chi connectivity index (χ0) is 18.2. The average molecular weight is 383 g/mol. The van der Waals surface area contributed by atoms with Crippen molar-refractivity contribution in [2.75, 3.05) is 18.5 Å². The fourth-order valence-corrected chi connectivity index (χ4v) is 2.99. The van der Waals surface area contributed by atoms with Crippen molar-refractivity contribution in [1.82, 2.24) is 0 Å². The maximum atomic E-state index is 12.4. The first-order valence-electron chi connectivity index (χ1n) is 8.63. The van der Waals surface area contributed by atoms with Gasteiger partial charge in [-0.05, 0) is 62.8 Å². The summed E-state index contributed by atoms with van der Waals surface area (Å²) in [5.41, 5.74) is 11.9. The summed E-state index contributed by atoms with van der Waals surface area (Å²) in [5, 5.41) is 2.92. The first-order valence-corrected chi connectivity index (χ1v) is 8.63. The highest BCUT2D eigenvalue weighted by molar-refractivity contribution is 5.94. The Bertz CT molecular complexity index is 622. The third kappa shape index (κ3) is 6.55. The highest BCUT2D eigenvalue weighted by Gasteiger charge is 2.26. The van der Waals surface area contributed by atoms with Crippen LogP contribution in [0.5, 0.6) is 0 Å². The Morgan fingerprint density at radius 3 is 2.31 bits per heavy atom. The van der Waals surface area contributed by atoms with Crippen LogP contribution in [0.3, 0.4) is 0 Å². The van der Waals surface area contributed by atoms with E-state index in [2.05, 4.69) is 10.3 Å². The van der Waals surface area contributed by atoms with Gasteiger partial charge in [-0.2, -0.15) is 0 Å². The number of guanidine groups is 1. The molecule has 1 aromatic rings. The maximum absolute atomic E-state index is 12.4. The Morgan fingerprint density at radius 2 is 1.77 bits per heavy atom. The molecule has 0 aromatic heterocycles. The monoisotopic (exact) mass is 382 g/mol. The van der Waals surface area contributed by atoms with Crippen LogP contribution >= 0.6 is 12.4 Å². The van der Waals surface area contributed by atoms with Crippen LogP contribution in [0.1, 0.15) is 43.0 Å². The molecule has 0 atom stereocenters. The minimum atomic E-state index is -0.362. The van der Waals surface area contributed by atoms with Gasteiger partial charge in [0.2, 0.25) is 5.91 Å². The predicted molar refractivity (Wildman–Crippen MR) is 104 cm³/mol. The van der Waals surface area contributed by atoms with Gasteiger partial charge < -0.3 is 21.5 Å². The Hall–Kier alpha value is -2.28. The molecule has 8 heteroatoms. The second-order valence-electron chi connectivity index (χ2n) is 6.27. The fraction of sp³-hybridized carbons (Fsp3) is 0.500. The number of ether oxygens (including phenoxy) is 1. The molecule has 1 amide bonds. The quantitative estimate of drug-likeness (QED) is 0.396. The lowest BCUT2D eigenvalue weighted by Gasteiger charge is -2.26. The van der Waals surface area contributed by atoms with Crippen LogP contribution < -0.4 is 16.8 Å². The summed E-state index contributed by atoms with van der Waals surface area (Å²) in [7, 11) is 0. The van der Waals surface area contributed by atoms with E-state index in [1.807, 2.05) is 0 Å². The van der Waals surface area contributed by atoms with Crippen LogP contribution in [0.2, 0.25) is 0 Å². The third-order valence-corrected chi connectivity index (χ3v) is 4.41. The number of nitrogens with one attached hydrogen (secondary N) is 1. The molecule has 0 radical (unpaired) electrons. The highest BCUT2D eigenvalue weighted by atomic mass is 35.5. The van der Waals surface area contributed by atoms with E-state index < -0.39 is 0 Å². The van der Waals surface area contributed by atoms with E-state index in [4.69, 9.17) is 16.2 Å². The highest BCUT2D eigenvalue weighted by Crippen LogP contribution is 2.30. The summed E-state index contributed by atoms with van der Waals surface area (Å²) in [4.78, 5) is 28.1. The molecule has 0 saturated heterocycles. The number of aliphatic imine (C=N–C) groups is 1. The first-order chi connectivity index (χ1) is 12.0. The number of benzene rings is 1. The van der Waals surface area contributed by atoms with E-state index in [1.165, 1.54) is 0 Å². The van der Waals surface area contributed by atoms with Crippen LogP contribution in [-0.2, 0) is 9.53 Å². The average Bonchev–Trinajstić information content (AvgIpc) is 2.61. The second kappa shape index (κ2) is 10.7. The number of rotatable bonds is 6. The van der Waals surface area contributed by atoms with Crippen LogP contribution in [0.25, 0.3) is 0 Å². The molecule has 1 aliphatic rings. The lowest BCUT2D eigenvalue weighted by atomic mass is 9.81. The van der Waals surface area contributed by atoms with Gasteiger partial charge >= 0.3 is 5.97 Å². The molecule has 0 heterocycles. The first kappa shape index (κ1) is 21.8. The molecule has 0 bridgehead atoms. The third-order valence-electron chi connectivity index (χ3n) is 4.41. The number of carbonyl (C=O) groups is 2. The van der Waals surface area contributed by atoms with Crippen molar-refractivity contribution in [2.24, 2.45) is 28.3 Å². The number of amides is 1. The molecule has 5 N–H and O–H groups in total. The molecule has 0 spiro atoms. The molecule has 7 nitrogen and oxygen atoms in total. The van der Waals surface area contributed by atoms with E-state index in [1.54, 1.807) is 31.2 Å². The Kier molecular flexibility index (Phi) is 8.92.